The maximum absolute atomic E-state index is 11.8. The second-order valence-corrected chi connectivity index (χ2v) is 4.67. The summed E-state index contributed by atoms with van der Waals surface area (Å²) in [7, 11) is -2.82. The summed E-state index contributed by atoms with van der Waals surface area (Å²) in [5, 5.41) is 0. The highest BCUT2D eigenvalue weighted by molar-refractivity contribution is 7.48. The third-order valence-electron chi connectivity index (χ3n) is 2.14. The second-order valence-electron chi connectivity index (χ2n) is 3.06. The van der Waals surface area contributed by atoms with Crippen LogP contribution in [0.1, 0.15) is 32.1 Å². The van der Waals surface area contributed by atoms with Crippen LogP contribution in [0.15, 0.2) is 0 Å². The molecule has 0 amide bonds. The lowest BCUT2D eigenvalue weighted by atomic mass is 9.98. The van der Waals surface area contributed by atoms with Gasteiger partial charge in [-0.2, -0.15) is 0 Å². The van der Waals surface area contributed by atoms with E-state index in [1.165, 1.54) is 0 Å². The average Bonchev–Trinajstić information content (AvgIpc) is 2.19. The lowest BCUT2D eigenvalue weighted by Crippen LogP contribution is -2.15. The van der Waals surface area contributed by atoms with Gasteiger partial charge < -0.3 is 0 Å². The molecule has 1 aliphatic rings. The highest BCUT2D eigenvalue weighted by Gasteiger charge is 2.31. The van der Waals surface area contributed by atoms with Crippen molar-refractivity contribution in [3.8, 4) is 0 Å². The first-order chi connectivity index (χ1) is 6.20. The van der Waals surface area contributed by atoms with Crippen LogP contribution in [0.2, 0.25) is 0 Å². The predicted molar refractivity (Wildman–Crippen MR) is 44.8 cm³/mol. The van der Waals surface area contributed by atoms with Crippen molar-refractivity contribution >= 4 is 7.82 Å². The largest absolute Gasteiger partial charge is 0.506 e. The van der Waals surface area contributed by atoms with Gasteiger partial charge in [0.05, 0.1) is 6.10 Å². The predicted octanol–water partition coefficient (Wildman–Crippen LogP) is 2.99. The molecule has 1 rings (SSSR count). The van der Waals surface area contributed by atoms with Crippen molar-refractivity contribution in [2.75, 3.05) is 7.11 Å². The molecule has 1 saturated carbocycles. The highest BCUT2D eigenvalue weighted by atomic mass is 31.2. The summed E-state index contributed by atoms with van der Waals surface area (Å²) in [5.74, 6) is 0. The maximum atomic E-state index is 11.8. The quantitative estimate of drug-likeness (QED) is 0.672. The smallest absolute Gasteiger partial charge is 0.289 e. The molecule has 1 atom stereocenters. The van der Waals surface area contributed by atoms with Crippen LogP contribution in [0, 0.1) is 0 Å². The minimum atomic E-state index is -3.92. The molecule has 0 saturated heterocycles. The van der Waals surface area contributed by atoms with E-state index in [1.54, 1.807) is 0 Å². The van der Waals surface area contributed by atoms with Crippen LogP contribution in [0.5, 0.6) is 0 Å². The van der Waals surface area contributed by atoms with Crippen LogP contribution < -0.4 is 0 Å². The first-order valence-corrected chi connectivity index (χ1v) is 5.81. The Morgan fingerprint density at radius 1 is 1.31 bits per heavy atom. The van der Waals surface area contributed by atoms with Gasteiger partial charge in [-0.15, -0.1) is 0 Å². The van der Waals surface area contributed by atoms with Gasteiger partial charge in [-0.3, -0.25) is 9.05 Å². The molecule has 1 fully saturated rings. The lowest BCUT2D eigenvalue weighted by Gasteiger charge is -2.23. The van der Waals surface area contributed by atoms with Crippen molar-refractivity contribution in [1.29, 1.82) is 0 Å². The normalized spacial score (nSPS) is 24.2. The number of hydrogen-bond donors (Lipinski definition) is 0. The number of phosphoric acid groups is 1. The first-order valence-electron chi connectivity index (χ1n) is 4.35. The Bertz CT molecular complexity index is 185. The van der Waals surface area contributed by atoms with Crippen LogP contribution in [0.25, 0.3) is 0 Å². The summed E-state index contributed by atoms with van der Waals surface area (Å²) in [6, 6.07) is 0. The maximum Gasteiger partial charge on any atom is 0.506 e. The Labute approximate surface area is 76.9 Å². The topological polar surface area (TPSA) is 44.8 Å². The van der Waals surface area contributed by atoms with Crippen LogP contribution >= 0.6 is 7.82 Å². The molecule has 0 aromatic heterocycles. The molecule has 0 N–H and O–H groups in total. The van der Waals surface area contributed by atoms with E-state index >= 15 is 0 Å². The minimum Gasteiger partial charge on any atom is -0.289 e. The van der Waals surface area contributed by atoms with Crippen molar-refractivity contribution < 1.29 is 22.9 Å². The molecule has 0 radical (unpaired) electrons. The van der Waals surface area contributed by atoms with Crippen molar-refractivity contribution in [3.05, 3.63) is 0 Å². The van der Waals surface area contributed by atoms with E-state index in [0.29, 0.717) is 0 Å². The summed E-state index contributed by atoms with van der Waals surface area (Å²) in [6.45, 7) is 0. The standard InChI is InChI=1S/C7H14FO4P/c1-10-13(9,12-8)11-7-5-3-2-4-6-7/h7H,2-6H2,1H3. The van der Waals surface area contributed by atoms with E-state index in [9.17, 15) is 9.09 Å². The van der Waals surface area contributed by atoms with Gasteiger partial charge in [-0.05, 0) is 17.4 Å². The van der Waals surface area contributed by atoms with Gasteiger partial charge in [0.2, 0.25) is 0 Å². The molecule has 1 unspecified atom stereocenters. The molecular formula is C7H14FO4P. The summed E-state index contributed by atoms with van der Waals surface area (Å²) >= 11 is 0. The molecule has 78 valence electrons. The fourth-order valence-electron chi connectivity index (χ4n) is 1.44. The van der Waals surface area contributed by atoms with Gasteiger partial charge in [-0.1, -0.05) is 24.0 Å². The zero-order chi connectivity index (χ0) is 9.73. The first kappa shape index (κ1) is 11.1. The Hall–Kier alpha value is 0.0400. The molecule has 0 spiro atoms. The molecule has 13 heavy (non-hydrogen) atoms. The van der Waals surface area contributed by atoms with Crippen LogP contribution in [0.3, 0.4) is 0 Å². The number of hydrogen-bond acceptors (Lipinski definition) is 4. The van der Waals surface area contributed by atoms with E-state index in [4.69, 9.17) is 4.52 Å². The van der Waals surface area contributed by atoms with Gasteiger partial charge >= 0.3 is 7.82 Å². The molecule has 1 aliphatic carbocycles. The van der Waals surface area contributed by atoms with Crippen LogP contribution in [-0.4, -0.2) is 13.2 Å². The zero-order valence-corrected chi connectivity index (χ0v) is 8.47. The molecule has 0 heterocycles. The zero-order valence-electron chi connectivity index (χ0n) is 7.57. The third kappa shape index (κ3) is 3.35. The summed E-state index contributed by atoms with van der Waals surface area (Å²) in [4.78, 5) is 0. The van der Waals surface area contributed by atoms with Gasteiger partial charge in [0.15, 0.2) is 0 Å². The molecule has 4 nitrogen and oxygen atoms in total. The summed E-state index contributed by atoms with van der Waals surface area (Å²) < 4.78 is 35.4. The van der Waals surface area contributed by atoms with Gasteiger partial charge in [0.25, 0.3) is 0 Å². The van der Waals surface area contributed by atoms with Crippen molar-refractivity contribution in [3.63, 3.8) is 0 Å². The van der Waals surface area contributed by atoms with Gasteiger partial charge in [0, 0.05) is 7.11 Å². The van der Waals surface area contributed by atoms with Gasteiger partial charge in [-0.25, -0.2) is 4.57 Å². The van der Waals surface area contributed by atoms with E-state index in [2.05, 4.69) is 9.25 Å². The van der Waals surface area contributed by atoms with Crippen molar-refractivity contribution in [2.45, 2.75) is 38.2 Å². The second kappa shape index (κ2) is 5.05. The van der Waals surface area contributed by atoms with Crippen molar-refractivity contribution in [2.24, 2.45) is 0 Å². The Morgan fingerprint density at radius 2 is 1.92 bits per heavy atom. The Morgan fingerprint density at radius 3 is 2.38 bits per heavy atom. The molecule has 0 aliphatic heterocycles. The number of phosphoric ester groups is 1. The molecular weight excluding hydrogens is 198 g/mol. The Balaban J connectivity index is 2.40. The number of halogens is 1. The minimum absolute atomic E-state index is 0.199. The average molecular weight is 212 g/mol. The van der Waals surface area contributed by atoms with Crippen LogP contribution in [0.4, 0.5) is 4.53 Å². The van der Waals surface area contributed by atoms with E-state index in [1.807, 2.05) is 0 Å². The van der Waals surface area contributed by atoms with Gasteiger partial charge in [0.1, 0.15) is 0 Å². The van der Waals surface area contributed by atoms with E-state index in [0.717, 1.165) is 39.2 Å². The van der Waals surface area contributed by atoms with Crippen molar-refractivity contribution in [1.82, 2.24) is 0 Å². The fraction of sp³-hybridized carbons (Fsp3) is 1.00. The summed E-state index contributed by atoms with van der Waals surface area (Å²) in [6.07, 6.45) is 4.55. The fourth-order valence-corrected chi connectivity index (χ4v) is 2.19. The highest BCUT2D eigenvalue weighted by Crippen LogP contribution is 2.51. The monoisotopic (exact) mass is 212 g/mol. The number of rotatable bonds is 4. The third-order valence-corrected chi connectivity index (χ3v) is 3.31. The van der Waals surface area contributed by atoms with E-state index in [-0.39, 0.29) is 6.10 Å². The molecule has 0 bridgehead atoms. The molecule has 0 aromatic rings. The summed E-state index contributed by atoms with van der Waals surface area (Å²) in [5.41, 5.74) is 0. The SMILES string of the molecule is COP(=O)(OF)OC1CCCCC1. The molecule has 0 aromatic carbocycles. The van der Waals surface area contributed by atoms with Crippen LogP contribution in [-0.2, 0) is 18.3 Å². The lowest BCUT2D eigenvalue weighted by molar-refractivity contribution is -0.0636. The van der Waals surface area contributed by atoms with E-state index < -0.39 is 7.82 Å². The Kier molecular flexibility index (Phi) is 4.32. The molecule has 6 heteroatoms.